The zero-order valence-corrected chi connectivity index (χ0v) is 14.8. The van der Waals surface area contributed by atoms with Gasteiger partial charge < -0.3 is 10.1 Å². The van der Waals surface area contributed by atoms with Crippen molar-refractivity contribution in [2.24, 2.45) is 0 Å². The number of carbonyl (C=O) groups is 1. The molecule has 128 valence electrons. The van der Waals surface area contributed by atoms with E-state index in [1.54, 1.807) is 42.3 Å². The van der Waals surface area contributed by atoms with Gasteiger partial charge in [0.15, 0.2) is 11.6 Å². The number of rotatable bonds is 6. The van der Waals surface area contributed by atoms with Crippen LogP contribution >= 0.6 is 23.2 Å². The summed E-state index contributed by atoms with van der Waals surface area (Å²) < 4.78 is 18.6. The second-order valence-electron chi connectivity index (χ2n) is 5.29. The van der Waals surface area contributed by atoms with Gasteiger partial charge in [0.2, 0.25) is 5.91 Å². The van der Waals surface area contributed by atoms with Crippen LogP contribution in [-0.2, 0) is 11.3 Å². The normalized spacial score (nSPS) is 10.8. The maximum Gasteiger partial charge on any atom is 0.238 e. The first kappa shape index (κ1) is 18.5. The largest absolute Gasteiger partial charge is 0.494 e. The molecule has 2 rings (SSSR count). The van der Waals surface area contributed by atoms with Crippen molar-refractivity contribution < 1.29 is 13.9 Å². The van der Waals surface area contributed by atoms with E-state index in [4.69, 9.17) is 27.9 Å². The van der Waals surface area contributed by atoms with E-state index in [1.807, 2.05) is 0 Å². The van der Waals surface area contributed by atoms with Gasteiger partial charge in [0.1, 0.15) is 0 Å². The zero-order chi connectivity index (χ0) is 17.7. The maximum atomic E-state index is 13.7. The molecular weight excluding hydrogens is 354 g/mol. The zero-order valence-electron chi connectivity index (χ0n) is 13.3. The number of likely N-dealkylation sites (N-methyl/N-ethyl adjacent to an activating group) is 1. The maximum absolute atomic E-state index is 13.7. The molecule has 7 heteroatoms. The molecule has 0 heterocycles. The molecule has 0 fully saturated rings. The van der Waals surface area contributed by atoms with Crippen molar-refractivity contribution in [2.75, 3.05) is 26.0 Å². The van der Waals surface area contributed by atoms with Crippen LogP contribution in [0.25, 0.3) is 0 Å². The van der Waals surface area contributed by atoms with Crippen LogP contribution in [0.5, 0.6) is 5.75 Å². The standard InChI is InChI=1S/C17H17Cl2FN2O2/c1-22(9-11-6-7-15(24-2)13(20)8-11)10-16(23)21-14-5-3-4-12(18)17(14)19/h3-8H,9-10H2,1-2H3,(H,21,23). The summed E-state index contributed by atoms with van der Waals surface area (Å²) >= 11 is 11.9. The summed E-state index contributed by atoms with van der Waals surface area (Å²) in [5.74, 6) is -0.482. The minimum Gasteiger partial charge on any atom is -0.494 e. The molecule has 0 bridgehead atoms. The lowest BCUT2D eigenvalue weighted by atomic mass is 10.2. The number of benzene rings is 2. The Hall–Kier alpha value is -1.82. The van der Waals surface area contributed by atoms with E-state index in [1.165, 1.54) is 13.2 Å². The first-order valence-corrected chi connectivity index (χ1v) is 7.91. The van der Waals surface area contributed by atoms with E-state index in [0.29, 0.717) is 22.3 Å². The van der Waals surface area contributed by atoms with E-state index in [9.17, 15) is 9.18 Å². The molecule has 1 N–H and O–H groups in total. The number of hydrogen-bond acceptors (Lipinski definition) is 3. The molecule has 0 radical (unpaired) electrons. The minimum atomic E-state index is -0.432. The Morgan fingerprint density at radius 1 is 1.29 bits per heavy atom. The number of anilines is 1. The average Bonchev–Trinajstić information content (AvgIpc) is 2.52. The smallest absolute Gasteiger partial charge is 0.238 e. The third-order valence-corrected chi connectivity index (χ3v) is 4.13. The van der Waals surface area contributed by atoms with E-state index < -0.39 is 5.82 Å². The molecule has 0 aromatic heterocycles. The summed E-state index contributed by atoms with van der Waals surface area (Å²) in [6.45, 7) is 0.536. The fourth-order valence-electron chi connectivity index (χ4n) is 2.21. The van der Waals surface area contributed by atoms with Gasteiger partial charge in [-0.15, -0.1) is 0 Å². The average molecular weight is 371 g/mol. The number of hydrogen-bond donors (Lipinski definition) is 1. The topological polar surface area (TPSA) is 41.6 Å². The number of halogens is 3. The molecular formula is C17H17Cl2FN2O2. The lowest BCUT2D eigenvalue weighted by molar-refractivity contribution is -0.117. The molecule has 2 aromatic rings. The molecule has 0 saturated heterocycles. The van der Waals surface area contributed by atoms with E-state index in [-0.39, 0.29) is 18.2 Å². The van der Waals surface area contributed by atoms with Crippen molar-refractivity contribution >= 4 is 34.8 Å². The number of carbonyl (C=O) groups excluding carboxylic acids is 1. The predicted molar refractivity (Wildman–Crippen MR) is 94.4 cm³/mol. The van der Waals surface area contributed by atoms with Gasteiger partial charge in [0.25, 0.3) is 0 Å². The van der Waals surface area contributed by atoms with Gasteiger partial charge >= 0.3 is 0 Å². The van der Waals surface area contributed by atoms with Crippen LogP contribution in [0.3, 0.4) is 0 Å². The highest BCUT2D eigenvalue weighted by Gasteiger charge is 2.12. The minimum absolute atomic E-state index is 0.122. The van der Waals surface area contributed by atoms with Crippen molar-refractivity contribution in [3.8, 4) is 5.75 Å². The Balaban J connectivity index is 1.94. The fourth-order valence-corrected chi connectivity index (χ4v) is 2.56. The third-order valence-electron chi connectivity index (χ3n) is 3.31. The van der Waals surface area contributed by atoms with E-state index in [0.717, 1.165) is 5.56 Å². The molecule has 0 spiro atoms. The number of methoxy groups -OCH3 is 1. The summed E-state index contributed by atoms with van der Waals surface area (Å²) in [7, 11) is 3.18. The van der Waals surface area contributed by atoms with Gasteiger partial charge in [0, 0.05) is 6.54 Å². The van der Waals surface area contributed by atoms with Crippen LogP contribution in [0.2, 0.25) is 10.0 Å². The second-order valence-corrected chi connectivity index (χ2v) is 6.08. The number of ether oxygens (including phenoxy) is 1. The number of nitrogens with one attached hydrogen (secondary N) is 1. The second kappa shape index (κ2) is 8.33. The Bertz CT molecular complexity index is 741. The monoisotopic (exact) mass is 370 g/mol. The Labute approximate surface area is 150 Å². The molecule has 2 aromatic carbocycles. The van der Waals surface area contributed by atoms with Crippen molar-refractivity contribution in [1.82, 2.24) is 4.90 Å². The number of amides is 1. The summed E-state index contributed by atoms with van der Waals surface area (Å²) in [6.07, 6.45) is 0. The van der Waals surface area contributed by atoms with Crippen LogP contribution < -0.4 is 10.1 Å². The molecule has 24 heavy (non-hydrogen) atoms. The van der Waals surface area contributed by atoms with Gasteiger partial charge in [0.05, 0.1) is 29.4 Å². The first-order chi connectivity index (χ1) is 11.4. The SMILES string of the molecule is COc1ccc(CN(C)CC(=O)Nc2cccc(Cl)c2Cl)cc1F. The lowest BCUT2D eigenvalue weighted by Crippen LogP contribution is -2.30. The summed E-state index contributed by atoms with van der Waals surface area (Å²) in [5.41, 5.74) is 1.20. The summed E-state index contributed by atoms with van der Waals surface area (Å²) in [5, 5.41) is 3.38. The molecule has 0 aliphatic heterocycles. The molecule has 4 nitrogen and oxygen atoms in total. The van der Waals surface area contributed by atoms with Crippen molar-refractivity contribution in [3.05, 3.63) is 57.8 Å². The van der Waals surface area contributed by atoms with Gasteiger partial charge in [-0.1, -0.05) is 35.3 Å². The molecule has 0 atom stereocenters. The first-order valence-electron chi connectivity index (χ1n) is 7.15. The van der Waals surface area contributed by atoms with Gasteiger partial charge in [-0.3, -0.25) is 9.69 Å². The molecule has 0 saturated carbocycles. The van der Waals surface area contributed by atoms with Crippen LogP contribution in [0.15, 0.2) is 36.4 Å². The third kappa shape index (κ3) is 4.84. The fraction of sp³-hybridized carbons (Fsp3) is 0.235. The Kier molecular flexibility index (Phi) is 6.43. The Morgan fingerprint density at radius 3 is 2.71 bits per heavy atom. The van der Waals surface area contributed by atoms with Crippen molar-refractivity contribution in [1.29, 1.82) is 0 Å². The van der Waals surface area contributed by atoms with Gasteiger partial charge in [-0.2, -0.15) is 0 Å². The predicted octanol–water partition coefficient (Wildman–Crippen LogP) is 4.21. The van der Waals surface area contributed by atoms with Crippen molar-refractivity contribution in [3.63, 3.8) is 0 Å². The molecule has 1 amide bonds. The van der Waals surface area contributed by atoms with Gasteiger partial charge in [-0.05, 0) is 36.9 Å². The summed E-state index contributed by atoms with van der Waals surface area (Å²) in [4.78, 5) is 13.9. The highest BCUT2D eigenvalue weighted by atomic mass is 35.5. The highest BCUT2D eigenvalue weighted by Crippen LogP contribution is 2.29. The van der Waals surface area contributed by atoms with E-state index in [2.05, 4.69) is 5.32 Å². The quantitative estimate of drug-likeness (QED) is 0.827. The molecule has 0 aliphatic rings. The van der Waals surface area contributed by atoms with E-state index >= 15 is 0 Å². The Morgan fingerprint density at radius 2 is 2.04 bits per heavy atom. The number of nitrogens with zero attached hydrogens (tertiary/aromatic N) is 1. The summed E-state index contributed by atoms with van der Waals surface area (Å²) in [6, 6.07) is 9.72. The van der Waals surface area contributed by atoms with Crippen molar-refractivity contribution in [2.45, 2.75) is 6.54 Å². The van der Waals surface area contributed by atoms with Crippen LogP contribution in [-0.4, -0.2) is 31.5 Å². The molecule has 0 aliphatic carbocycles. The molecule has 0 unspecified atom stereocenters. The lowest BCUT2D eigenvalue weighted by Gasteiger charge is -2.17. The van der Waals surface area contributed by atoms with Crippen LogP contribution in [0, 0.1) is 5.82 Å². The van der Waals surface area contributed by atoms with Gasteiger partial charge in [-0.25, -0.2) is 4.39 Å². The highest BCUT2D eigenvalue weighted by molar-refractivity contribution is 6.43. The van der Waals surface area contributed by atoms with Crippen LogP contribution in [0.1, 0.15) is 5.56 Å². The van der Waals surface area contributed by atoms with Crippen LogP contribution in [0.4, 0.5) is 10.1 Å².